The average molecular weight is 225 g/mol. The largest absolute Gasteiger partial charge is 0.245 e. The second kappa shape index (κ2) is 3.95. The lowest BCUT2D eigenvalue weighted by Gasteiger charge is -2.01. The van der Waals surface area contributed by atoms with Gasteiger partial charge in [0.25, 0.3) is 0 Å². The van der Waals surface area contributed by atoms with Gasteiger partial charge in [-0.15, -0.1) is 0 Å². The van der Waals surface area contributed by atoms with Crippen molar-refractivity contribution < 1.29 is 0 Å². The van der Waals surface area contributed by atoms with E-state index in [2.05, 4.69) is 9.97 Å². The second-order valence-electron chi connectivity index (χ2n) is 2.72. The molecule has 0 saturated heterocycles. The van der Waals surface area contributed by atoms with Gasteiger partial charge < -0.3 is 0 Å². The van der Waals surface area contributed by atoms with E-state index in [1.807, 2.05) is 12.1 Å². The zero-order chi connectivity index (χ0) is 9.97. The molecule has 0 bridgehead atoms. The van der Waals surface area contributed by atoms with E-state index in [0.29, 0.717) is 10.0 Å². The monoisotopic (exact) mass is 224 g/mol. The highest BCUT2D eigenvalue weighted by Gasteiger charge is 2.01. The van der Waals surface area contributed by atoms with Crippen molar-refractivity contribution in [1.29, 1.82) is 0 Å². The van der Waals surface area contributed by atoms with Gasteiger partial charge in [-0.25, -0.2) is 9.97 Å². The summed E-state index contributed by atoms with van der Waals surface area (Å²) < 4.78 is 0. The number of nitrogens with zero attached hydrogens (tertiary/aromatic N) is 2. The zero-order valence-electron chi connectivity index (χ0n) is 7.11. The summed E-state index contributed by atoms with van der Waals surface area (Å²) in [5.74, 6) is 0. The summed E-state index contributed by atoms with van der Waals surface area (Å²) in [5.41, 5.74) is 1.76. The lowest BCUT2D eigenvalue weighted by molar-refractivity contribution is 1.17. The molecule has 0 saturated carbocycles. The summed E-state index contributed by atoms with van der Waals surface area (Å²) in [4.78, 5) is 7.95. The van der Waals surface area contributed by atoms with Gasteiger partial charge in [-0.05, 0) is 18.2 Å². The molecule has 2 nitrogen and oxygen atoms in total. The van der Waals surface area contributed by atoms with Crippen LogP contribution in [0.1, 0.15) is 0 Å². The van der Waals surface area contributed by atoms with Gasteiger partial charge in [-0.1, -0.05) is 29.3 Å². The minimum absolute atomic E-state index is 0.530. The maximum absolute atomic E-state index is 5.89. The van der Waals surface area contributed by atoms with E-state index in [4.69, 9.17) is 23.2 Å². The van der Waals surface area contributed by atoms with Crippen LogP contribution in [-0.4, -0.2) is 9.97 Å². The molecule has 0 aliphatic carbocycles. The fourth-order valence-electron chi connectivity index (χ4n) is 1.12. The van der Waals surface area contributed by atoms with Crippen molar-refractivity contribution in [2.75, 3.05) is 0 Å². The Balaban J connectivity index is 2.48. The molecule has 0 radical (unpaired) electrons. The Morgan fingerprint density at radius 1 is 1.00 bits per heavy atom. The SMILES string of the molecule is Clc1ccc(-c2ccncn2)cc1Cl. The van der Waals surface area contributed by atoms with Crippen LogP contribution >= 0.6 is 23.2 Å². The van der Waals surface area contributed by atoms with Crippen molar-refractivity contribution >= 4 is 23.2 Å². The van der Waals surface area contributed by atoms with Gasteiger partial charge in [-0.2, -0.15) is 0 Å². The van der Waals surface area contributed by atoms with Gasteiger partial charge in [0.05, 0.1) is 15.7 Å². The topological polar surface area (TPSA) is 25.8 Å². The molecule has 2 aromatic rings. The predicted octanol–water partition coefficient (Wildman–Crippen LogP) is 3.45. The van der Waals surface area contributed by atoms with Crippen molar-refractivity contribution in [3.8, 4) is 11.3 Å². The predicted molar refractivity (Wildman–Crippen MR) is 57.5 cm³/mol. The number of rotatable bonds is 1. The molecule has 1 heterocycles. The first-order valence-corrected chi connectivity index (χ1v) is 4.74. The van der Waals surface area contributed by atoms with E-state index >= 15 is 0 Å². The Kier molecular flexibility index (Phi) is 2.66. The minimum Gasteiger partial charge on any atom is -0.245 e. The van der Waals surface area contributed by atoms with Crippen LogP contribution in [0, 0.1) is 0 Å². The molecule has 0 aliphatic heterocycles. The van der Waals surface area contributed by atoms with Crippen LogP contribution in [0.5, 0.6) is 0 Å². The van der Waals surface area contributed by atoms with E-state index in [-0.39, 0.29) is 0 Å². The summed E-state index contributed by atoms with van der Waals surface area (Å²) in [6, 6.07) is 7.23. The Labute approximate surface area is 91.5 Å². The van der Waals surface area contributed by atoms with E-state index in [9.17, 15) is 0 Å². The molecule has 14 heavy (non-hydrogen) atoms. The van der Waals surface area contributed by atoms with E-state index in [1.54, 1.807) is 18.3 Å². The van der Waals surface area contributed by atoms with E-state index < -0.39 is 0 Å². The van der Waals surface area contributed by atoms with Gasteiger partial charge in [-0.3, -0.25) is 0 Å². The van der Waals surface area contributed by atoms with Crippen LogP contribution in [0.15, 0.2) is 36.8 Å². The summed E-state index contributed by atoms with van der Waals surface area (Å²) in [6.07, 6.45) is 3.18. The molecule has 70 valence electrons. The highest BCUT2D eigenvalue weighted by molar-refractivity contribution is 6.42. The average Bonchev–Trinajstić information content (AvgIpc) is 2.23. The molecular weight excluding hydrogens is 219 g/mol. The molecule has 0 unspecified atom stereocenters. The lowest BCUT2D eigenvalue weighted by Crippen LogP contribution is -1.83. The highest BCUT2D eigenvalue weighted by Crippen LogP contribution is 2.26. The van der Waals surface area contributed by atoms with Crippen molar-refractivity contribution in [3.63, 3.8) is 0 Å². The maximum atomic E-state index is 5.89. The number of hydrogen-bond acceptors (Lipinski definition) is 2. The molecule has 0 aliphatic rings. The van der Waals surface area contributed by atoms with Crippen molar-refractivity contribution in [2.45, 2.75) is 0 Å². The zero-order valence-corrected chi connectivity index (χ0v) is 8.63. The van der Waals surface area contributed by atoms with Crippen LogP contribution in [0.2, 0.25) is 10.0 Å². The first-order valence-electron chi connectivity index (χ1n) is 3.99. The number of benzene rings is 1. The van der Waals surface area contributed by atoms with Crippen LogP contribution in [0.4, 0.5) is 0 Å². The third kappa shape index (κ3) is 1.86. The Morgan fingerprint density at radius 3 is 2.50 bits per heavy atom. The molecule has 4 heteroatoms. The number of halogens is 2. The van der Waals surface area contributed by atoms with Gasteiger partial charge in [0, 0.05) is 11.8 Å². The van der Waals surface area contributed by atoms with Gasteiger partial charge >= 0.3 is 0 Å². The smallest absolute Gasteiger partial charge is 0.116 e. The van der Waals surface area contributed by atoms with Gasteiger partial charge in [0.2, 0.25) is 0 Å². The first kappa shape index (κ1) is 9.44. The van der Waals surface area contributed by atoms with E-state index in [0.717, 1.165) is 11.3 Å². The molecule has 0 amide bonds. The summed E-state index contributed by atoms with van der Waals surface area (Å²) in [7, 11) is 0. The fourth-order valence-corrected chi connectivity index (χ4v) is 1.41. The van der Waals surface area contributed by atoms with E-state index in [1.165, 1.54) is 6.33 Å². The summed E-state index contributed by atoms with van der Waals surface area (Å²) in [6.45, 7) is 0. The van der Waals surface area contributed by atoms with Crippen LogP contribution < -0.4 is 0 Å². The van der Waals surface area contributed by atoms with Crippen LogP contribution in [0.25, 0.3) is 11.3 Å². The number of hydrogen-bond donors (Lipinski definition) is 0. The summed E-state index contributed by atoms with van der Waals surface area (Å²) in [5, 5.41) is 1.08. The Hall–Kier alpha value is -1.12. The third-order valence-electron chi connectivity index (χ3n) is 1.80. The Bertz CT molecular complexity index is 443. The Morgan fingerprint density at radius 2 is 1.86 bits per heavy atom. The normalized spacial score (nSPS) is 10.1. The molecule has 0 fully saturated rings. The van der Waals surface area contributed by atoms with Crippen molar-refractivity contribution in [3.05, 3.63) is 46.8 Å². The van der Waals surface area contributed by atoms with Gasteiger partial charge in [0.15, 0.2) is 0 Å². The quantitative estimate of drug-likeness (QED) is 0.742. The van der Waals surface area contributed by atoms with Crippen molar-refractivity contribution in [2.24, 2.45) is 0 Å². The molecule has 0 spiro atoms. The summed E-state index contributed by atoms with van der Waals surface area (Å²) >= 11 is 11.7. The van der Waals surface area contributed by atoms with Crippen LogP contribution in [0.3, 0.4) is 0 Å². The maximum Gasteiger partial charge on any atom is 0.116 e. The molecule has 1 aromatic carbocycles. The molecule has 1 aromatic heterocycles. The first-order chi connectivity index (χ1) is 6.77. The number of aromatic nitrogens is 2. The molecule has 2 rings (SSSR count). The third-order valence-corrected chi connectivity index (χ3v) is 2.54. The fraction of sp³-hybridized carbons (Fsp3) is 0. The van der Waals surface area contributed by atoms with Crippen LogP contribution in [-0.2, 0) is 0 Å². The minimum atomic E-state index is 0.530. The highest BCUT2D eigenvalue weighted by atomic mass is 35.5. The van der Waals surface area contributed by atoms with Gasteiger partial charge in [0.1, 0.15) is 6.33 Å². The van der Waals surface area contributed by atoms with Crippen molar-refractivity contribution in [1.82, 2.24) is 9.97 Å². The second-order valence-corrected chi connectivity index (χ2v) is 3.54. The molecular formula is C10H6Cl2N2. The molecule has 0 atom stereocenters. The standard InChI is InChI=1S/C10H6Cl2N2/c11-8-2-1-7(5-9(8)12)10-3-4-13-6-14-10/h1-6H. The molecule has 0 N–H and O–H groups in total. The lowest BCUT2D eigenvalue weighted by atomic mass is 10.1.